The van der Waals surface area contributed by atoms with Gasteiger partial charge in [-0.1, -0.05) is 12.1 Å². The fraction of sp³-hybridized carbons (Fsp3) is 0.333. The number of carbonyl (C=O) groups excluding carboxylic acids is 1. The molecule has 1 fully saturated rings. The highest BCUT2D eigenvalue weighted by molar-refractivity contribution is 6.00. The molecule has 1 amide bonds. The van der Waals surface area contributed by atoms with E-state index < -0.39 is 5.97 Å². The maximum absolute atomic E-state index is 12.3. The molecule has 2 aromatic rings. The number of hydrogen-bond acceptors (Lipinski definition) is 4. The number of aliphatic hydroxyl groups excluding tert-OH is 1. The lowest BCUT2D eigenvalue weighted by molar-refractivity contribution is 0.0125. The number of carbonyl (C=O) groups is 2. The Morgan fingerprint density at radius 3 is 2.29 bits per heavy atom. The number of benzene rings is 2. The molecule has 0 spiro atoms. The third kappa shape index (κ3) is 3.55. The summed E-state index contributed by atoms with van der Waals surface area (Å²) in [5.41, 5.74) is 0.735. The number of aromatic carboxylic acids is 1. The molecule has 6 heteroatoms. The van der Waals surface area contributed by atoms with Crippen molar-refractivity contribution in [1.82, 2.24) is 5.32 Å². The number of amides is 1. The van der Waals surface area contributed by atoms with Crippen molar-refractivity contribution in [3.8, 4) is 0 Å². The summed E-state index contributed by atoms with van der Waals surface area (Å²) in [5, 5.41) is 22.5. The topological polar surface area (TPSA) is 95.9 Å². The van der Waals surface area contributed by atoms with Crippen LogP contribution < -0.4 is 5.32 Å². The highest BCUT2D eigenvalue weighted by Crippen LogP contribution is 2.20. The molecule has 1 heterocycles. The first-order valence-corrected chi connectivity index (χ1v) is 7.88. The predicted octanol–water partition coefficient (Wildman–Crippen LogP) is 1.81. The Hall–Kier alpha value is -2.44. The molecule has 24 heavy (non-hydrogen) atoms. The largest absolute Gasteiger partial charge is 0.478 e. The molecule has 0 unspecified atom stereocenters. The first-order chi connectivity index (χ1) is 11.6. The van der Waals surface area contributed by atoms with Gasteiger partial charge in [-0.05, 0) is 47.9 Å². The summed E-state index contributed by atoms with van der Waals surface area (Å²) >= 11 is 0. The monoisotopic (exact) mass is 329 g/mol. The predicted molar refractivity (Wildman–Crippen MR) is 88.2 cm³/mol. The van der Waals surface area contributed by atoms with E-state index in [0.717, 1.165) is 23.6 Å². The van der Waals surface area contributed by atoms with Crippen molar-refractivity contribution in [3.05, 3.63) is 47.5 Å². The van der Waals surface area contributed by atoms with Gasteiger partial charge in [0, 0.05) is 12.1 Å². The second-order valence-electron chi connectivity index (χ2n) is 5.93. The lowest BCUT2D eigenvalue weighted by Gasteiger charge is -2.13. The number of carboxylic acids is 1. The van der Waals surface area contributed by atoms with E-state index in [1.54, 1.807) is 30.3 Å². The molecule has 1 saturated heterocycles. The first kappa shape index (κ1) is 16.4. The average Bonchev–Trinajstić information content (AvgIpc) is 3.06. The van der Waals surface area contributed by atoms with E-state index in [0.29, 0.717) is 12.1 Å². The van der Waals surface area contributed by atoms with E-state index in [4.69, 9.17) is 14.9 Å². The standard InChI is InChI=1S/C18H19NO5/c20-10-16-6-5-15(24-16)9-19-17(21)13-3-1-12-8-14(18(22)23)4-2-11(12)7-13/h1-4,7-8,15-16,20H,5-6,9-10H2,(H,19,21)(H,22,23)/t15-,16+/m1/s1. The zero-order valence-electron chi connectivity index (χ0n) is 13.1. The van der Waals surface area contributed by atoms with Crippen LogP contribution in [0, 0.1) is 0 Å². The van der Waals surface area contributed by atoms with Crippen LogP contribution in [0.5, 0.6) is 0 Å². The number of hydrogen-bond donors (Lipinski definition) is 3. The SMILES string of the molecule is O=C(O)c1ccc2cc(C(=O)NC[C@H]3CC[C@@H](CO)O3)ccc2c1. The Balaban J connectivity index is 1.66. The minimum atomic E-state index is -0.975. The summed E-state index contributed by atoms with van der Waals surface area (Å²) in [5.74, 6) is -1.17. The Kier molecular flexibility index (Phi) is 4.78. The van der Waals surface area contributed by atoms with Crippen molar-refractivity contribution in [2.24, 2.45) is 0 Å². The van der Waals surface area contributed by atoms with Gasteiger partial charge in [0.25, 0.3) is 5.91 Å². The zero-order chi connectivity index (χ0) is 17.1. The van der Waals surface area contributed by atoms with Gasteiger partial charge in [-0.2, -0.15) is 0 Å². The molecule has 0 saturated carbocycles. The molecule has 1 aliphatic heterocycles. The van der Waals surface area contributed by atoms with E-state index in [1.807, 2.05) is 0 Å². The van der Waals surface area contributed by atoms with Crippen LogP contribution in [0.4, 0.5) is 0 Å². The average molecular weight is 329 g/mol. The summed E-state index contributed by atoms with van der Waals surface area (Å²) in [4.78, 5) is 23.2. The van der Waals surface area contributed by atoms with Crippen molar-refractivity contribution in [1.29, 1.82) is 0 Å². The second-order valence-corrected chi connectivity index (χ2v) is 5.93. The van der Waals surface area contributed by atoms with Gasteiger partial charge in [0.05, 0.1) is 24.4 Å². The van der Waals surface area contributed by atoms with Gasteiger partial charge in [-0.15, -0.1) is 0 Å². The molecule has 3 N–H and O–H groups in total. The highest BCUT2D eigenvalue weighted by Gasteiger charge is 2.24. The zero-order valence-corrected chi connectivity index (χ0v) is 13.1. The summed E-state index contributed by atoms with van der Waals surface area (Å²) in [6.07, 6.45) is 1.43. The fourth-order valence-electron chi connectivity index (χ4n) is 2.89. The van der Waals surface area contributed by atoms with Crippen LogP contribution in [0.25, 0.3) is 10.8 Å². The number of rotatable bonds is 5. The minimum absolute atomic E-state index is 0.00739. The van der Waals surface area contributed by atoms with Crippen molar-refractivity contribution < 1.29 is 24.5 Å². The molecule has 6 nitrogen and oxygen atoms in total. The van der Waals surface area contributed by atoms with E-state index >= 15 is 0 Å². The quantitative estimate of drug-likeness (QED) is 0.777. The lowest BCUT2D eigenvalue weighted by atomic mass is 10.0. The number of fused-ring (bicyclic) bond motifs is 1. The number of ether oxygens (including phenoxy) is 1. The van der Waals surface area contributed by atoms with Gasteiger partial charge in [0.2, 0.25) is 0 Å². The molecular formula is C18H19NO5. The Labute approximate surface area is 139 Å². The second kappa shape index (κ2) is 6.98. The molecule has 0 aromatic heterocycles. The van der Waals surface area contributed by atoms with E-state index in [-0.39, 0.29) is 30.3 Å². The molecular weight excluding hydrogens is 310 g/mol. The maximum atomic E-state index is 12.3. The van der Waals surface area contributed by atoms with Crippen molar-refractivity contribution in [2.45, 2.75) is 25.0 Å². The van der Waals surface area contributed by atoms with Crippen LogP contribution >= 0.6 is 0 Å². The molecule has 2 atom stereocenters. The molecule has 0 aliphatic carbocycles. The number of nitrogens with one attached hydrogen (secondary N) is 1. The molecule has 3 rings (SSSR count). The van der Waals surface area contributed by atoms with E-state index in [1.165, 1.54) is 6.07 Å². The van der Waals surface area contributed by atoms with Crippen molar-refractivity contribution >= 4 is 22.6 Å². The van der Waals surface area contributed by atoms with Gasteiger partial charge >= 0.3 is 5.97 Å². The third-order valence-corrected chi connectivity index (χ3v) is 4.24. The molecule has 2 aromatic carbocycles. The molecule has 1 aliphatic rings. The highest BCUT2D eigenvalue weighted by atomic mass is 16.5. The Bertz CT molecular complexity index is 773. The minimum Gasteiger partial charge on any atom is -0.478 e. The van der Waals surface area contributed by atoms with Crippen LogP contribution in [0.3, 0.4) is 0 Å². The summed E-state index contributed by atoms with van der Waals surface area (Å²) in [6, 6.07) is 9.96. The Morgan fingerprint density at radius 1 is 1.04 bits per heavy atom. The first-order valence-electron chi connectivity index (χ1n) is 7.88. The van der Waals surface area contributed by atoms with E-state index in [9.17, 15) is 9.59 Å². The van der Waals surface area contributed by atoms with Gasteiger partial charge in [0.15, 0.2) is 0 Å². The maximum Gasteiger partial charge on any atom is 0.335 e. The van der Waals surface area contributed by atoms with E-state index in [2.05, 4.69) is 5.32 Å². The lowest BCUT2D eigenvalue weighted by Crippen LogP contribution is -2.32. The van der Waals surface area contributed by atoms with Gasteiger partial charge < -0.3 is 20.3 Å². The summed E-state index contributed by atoms with van der Waals surface area (Å²) < 4.78 is 5.58. The van der Waals surface area contributed by atoms with Crippen molar-refractivity contribution in [2.75, 3.05) is 13.2 Å². The summed E-state index contributed by atoms with van der Waals surface area (Å²) in [7, 11) is 0. The molecule has 0 bridgehead atoms. The van der Waals surface area contributed by atoms with Crippen LogP contribution in [0.2, 0.25) is 0 Å². The normalized spacial score (nSPS) is 20.2. The smallest absolute Gasteiger partial charge is 0.335 e. The van der Waals surface area contributed by atoms with Gasteiger partial charge in [-0.25, -0.2) is 4.79 Å². The van der Waals surface area contributed by atoms with Crippen LogP contribution in [-0.4, -0.2) is 47.4 Å². The van der Waals surface area contributed by atoms with Crippen molar-refractivity contribution in [3.63, 3.8) is 0 Å². The van der Waals surface area contributed by atoms with Gasteiger partial charge in [0.1, 0.15) is 0 Å². The summed E-state index contributed by atoms with van der Waals surface area (Å²) in [6.45, 7) is 0.415. The number of carboxylic acid groups (broad SMARTS) is 1. The molecule has 0 radical (unpaired) electrons. The van der Waals surface area contributed by atoms with Gasteiger partial charge in [-0.3, -0.25) is 4.79 Å². The van der Waals surface area contributed by atoms with Crippen LogP contribution in [0.15, 0.2) is 36.4 Å². The molecule has 126 valence electrons. The third-order valence-electron chi connectivity index (χ3n) is 4.24. The Morgan fingerprint density at radius 2 is 1.67 bits per heavy atom. The van der Waals surface area contributed by atoms with Crippen LogP contribution in [0.1, 0.15) is 33.6 Å². The fourth-order valence-corrected chi connectivity index (χ4v) is 2.89. The number of aliphatic hydroxyl groups is 1. The van der Waals surface area contributed by atoms with Crippen LogP contribution in [-0.2, 0) is 4.74 Å².